The summed E-state index contributed by atoms with van der Waals surface area (Å²) in [5, 5.41) is 19.2. The lowest BCUT2D eigenvalue weighted by Gasteiger charge is -2.44. The lowest BCUT2D eigenvalue weighted by atomic mass is 9.62. The average Bonchev–Trinajstić information content (AvgIpc) is 2.52. The van der Waals surface area contributed by atoms with Crippen LogP contribution in [0.5, 0.6) is 0 Å². The van der Waals surface area contributed by atoms with Crippen molar-refractivity contribution in [2.24, 2.45) is 23.7 Å². The third-order valence-electron chi connectivity index (χ3n) is 5.38. The summed E-state index contributed by atoms with van der Waals surface area (Å²) in [6.07, 6.45) is 10.9. The van der Waals surface area contributed by atoms with E-state index in [2.05, 4.69) is 18.2 Å². The van der Waals surface area contributed by atoms with Gasteiger partial charge in [-0.05, 0) is 48.7 Å². The van der Waals surface area contributed by atoms with Crippen molar-refractivity contribution >= 4 is 0 Å². The minimum absolute atomic E-state index is 0.143. The molecule has 0 saturated heterocycles. The summed E-state index contributed by atoms with van der Waals surface area (Å²) >= 11 is 0. The van der Waals surface area contributed by atoms with Crippen molar-refractivity contribution in [3.63, 3.8) is 0 Å². The molecule has 1 fully saturated rings. The number of hydrogen-bond donors (Lipinski definition) is 2. The molecule has 3 aliphatic carbocycles. The smallest absolute Gasteiger partial charge is 0.0958 e. The Labute approximate surface area is 120 Å². The molecule has 110 valence electrons. The summed E-state index contributed by atoms with van der Waals surface area (Å²) in [6.45, 7) is 0.340. The molecule has 3 nitrogen and oxygen atoms in total. The maximum absolute atomic E-state index is 9.70. The van der Waals surface area contributed by atoms with Gasteiger partial charge in [-0.15, -0.1) is 0 Å². The molecule has 0 amide bonds. The molecule has 4 atom stereocenters. The largest absolute Gasteiger partial charge is 0.501 e. The topological polar surface area (TPSA) is 49.7 Å². The van der Waals surface area contributed by atoms with Crippen molar-refractivity contribution in [1.82, 2.24) is 0 Å². The van der Waals surface area contributed by atoms with Crippen LogP contribution in [0, 0.1) is 23.7 Å². The highest BCUT2D eigenvalue weighted by atomic mass is 16.5. The van der Waals surface area contributed by atoms with Crippen molar-refractivity contribution < 1.29 is 14.9 Å². The molecule has 3 heteroatoms. The van der Waals surface area contributed by atoms with Gasteiger partial charge in [0.05, 0.1) is 12.9 Å². The quantitative estimate of drug-likeness (QED) is 0.832. The van der Waals surface area contributed by atoms with Gasteiger partial charge in [0.15, 0.2) is 0 Å². The first-order valence-corrected chi connectivity index (χ1v) is 7.66. The Bertz CT molecular complexity index is 461. The minimum Gasteiger partial charge on any atom is -0.501 e. The maximum Gasteiger partial charge on any atom is 0.0958 e. The van der Waals surface area contributed by atoms with Crippen molar-refractivity contribution in [3.8, 4) is 0 Å². The SMILES string of the molecule is COC1=CC2=CC=C3C(CO)C(CO)CCC3C2CC1. The zero-order chi connectivity index (χ0) is 14.1. The van der Waals surface area contributed by atoms with Crippen LogP contribution in [0.15, 0.2) is 35.1 Å². The predicted octanol–water partition coefficient (Wildman–Crippen LogP) is 2.42. The number of allylic oxidation sites excluding steroid dienone is 5. The molecule has 0 aromatic rings. The highest BCUT2D eigenvalue weighted by molar-refractivity contribution is 5.40. The zero-order valence-corrected chi connectivity index (χ0v) is 12.1. The summed E-state index contributed by atoms with van der Waals surface area (Å²) in [4.78, 5) is 0. The maximum atomic E-state index is 9.70. The second kappa shape index (κ2) is 5.74. The van der Waals surface area contributed by atoms with E-state index in [1.807, 2.05) is 0 Å². The Morgan fingerprint density at radius 2 is 1.95 bits per heavy atom. The van der Waals surface area contributed by atoms with Gasteiger partial charge in [0.1, 0.15) is 0 Å². The molecule has 0 aliphatic heterocycles. The number of rotatable bonds is 3. The van der Waals surface area contributed by atoms with E-state index in [0.29, 0.717) is 11.8 Å². The molecule has 4 unspecified atom stereocenters. The Balaban J connectivity index is 1.91. The van der Waals surface area contributed by atoms with E-state index in [4.69, 9.17) is 4.74 Å². The van der Waals surface area contributed by atoms with Gasteiger partial charge >= 0.3 is 0 Å². The molecule has 0 radical (unpaired) electrons. The molecule has 3 aliphatic rings. The molecule has 1 saturated carbocycles. The van der Waals surface area contributed by atoms with Crippen molar-refractivity contribution in [3.05, 3.63) is 35.1 Å². The second-order valence-corrected chi connectivity index (χ2v) is 6.21. The molecule has 0 spiro atoms. The molecule has 3 rings (SSSR count). The Morgan fingerprint density at radius 1 is 1.10 bits per heavy atom. The van der Waals surface area contributed by atoms with Gasteiger partial charge < -0.3 is 14.9 Å². The van der Waals surface area contributed by atoms with Gasteiger partial charge in [0.25, 0.3) is 0 Å². The molecule has 0 aromatic carbocycles. The van der Waals surface area contributed by atoms with Gasteiger partial charge in [-0.3, -0.25) is 0 Å². The molecule has 20 heavy (non-hydrogen) atoms. The van der Waals surface area contributed by atoms with Crippen LogP contribution in [0.2, 0.25) is 0 Å². The lowest BCUT2D eigenvalue weighted by Crippen LogP contribution is -2.37. The first-order valence-electron chi connectivity index (χ1n) is 7.66. The first-order chi connectivity index (χ1) is 9.78. The average molecular weight is 276 g/mol. The van der Waals surface area contributed by atoms with Crippen LogP contribution in [0.4, 0.5) is 0 Å². The van der Waals surface area contributed by atoms with E-state index < -0.39 is 0 Å². The van der Waals surface area contributed by atoms with Crippen LogP contribution < -0.4 is 0 Å². The fraction of sp³-hybridized carbons (Fsp3) is 0.647. The third kappa shape index (κ3) is 2.23. The summed E-state index contributed by atoms with van der Waals surface area (Å²) in [5.41, 5.74) is 2.74. The van der Waals surface area contributed by atoms with Crippen LogP contribution in [0.3, 0.4) is 0 Å². The zero-order valence-electron chi connectivity index (χ0n) is 12.1. The third-order valence-corrected chi connectivity index (χ3v) is 5.38. The summed E-state index contributed by atoms with van der Waals surface area (Å²) in [5.74, 6) is 2.56. The fourth-order valence-electron chi connectivity index (χ4n) is 4.25. The molecular formula is C17H24O3. The predicted molar refractivity (Wildman–Crippen MR) is 77.9 cm³/mol. The van der Waals surface area contributed by atoms with E-state index in [1.165, 1.54) is 11.1 Å². The molecule has 0 bridgehead atoms. The number of aliphatic hydroxyl groups is 2. The Hall–Kier alpha value is -1.06. The van der Waals surface area contributed by atoms with Gasteiger partial charge in [0, 0.05) is 25.6 Å². The second-order valence-electron chi connectivity index (χ2n) is 6.21. The van der Waals surface area contributed by atoms with E-state index in [-0.39, 0.29) is 25.0 Å². The number of aliphatic hydroxyl groups excluding tert-OH is 2. The highest BCUT2D eigenvalue weighted by Gasteiger charge is 2.40. The van der Waals surface area contributed by atoms with E-state index >= 15 is 0 Å². The van der Waals surface area contributed by atoms with E-state index in [9.17, 15) is 10.2 Å². The van der Waals surface area contributed by atoms with Gasteiger partial charge in [0.2, 0.25) is 0 Å². The normalized spacial score (nSPS) is 36.2. The Morgan fingerprint density at radius 3 is 2.65 bits per heavy atom. The van der Waals surface area contributed by atoms with Crippen LogP contribution in [-0.4, -0.2) is 30.5 Å². The first kappa shape index (κ1) is 13.9. The van der Waals surface area contributed by atoms with Gasteiger partial charge in [-0.1, -0.05) is 17.7 Å². The van der Waals surface area contributed by atoms with Crippen molar-refractivity contribution in [2.75, 3.05) is 20.3 Å². The summed E-state index contributed by atoms with van der Waals surface area (Å²) in [7, 11) is 1.74. The molecule has 0 aromatic heterocycles. The fourth-order valence-corrected chi connectivity index (χ4v) is 4.25. The molecule has 2 N–H and O–H groups in total. The van der Waals surface area contributed by atoms with Gasteiger partial charge in [-0.25, -0.2) is 0 Å². The number of fused-ring (bicyclic) bond motifs is 3. The summed E-state index contributed by atoms with van der Waals surface area (Å²) in [6, 6.07) is 0. The molecule has 0 heterocycles. The monoisotopic (exact) mass is 276 g/mol. The van der Waals surface area contributed by atoms with Crippen LogP contribution in [0.1, 0.15) is 25.7 Å². The van der Waals surface area contributed by atoms with E-state index in [0.717, 1.165) is 31.4 Å². The van der Waals surface area contributed by atoms with Gasteiger partial charge in [-0.2, -0.15) is 0 Å². The number of ether oxygens (including phenoxy) is 1. The van der Waals surface area contributed by atoms with Crippen molar-refractivity contribution in [2.45, 2.75) is 25.7 Å². The number of methoxy groups -OCH3 is 1. The highest BCUT2D eigenvalue weighted by Crippen LogP contribution is 2.49. The van der Waals surface area contributed by atoms with Crippen LogP contribution >= 0.6 is 0 Å². The Kier molecular flexibility index (Phi) is 3.99. The van der Waals surface area contributed by atoms with Crippen LogP contribution in [0.25, 0.3) is 0 Å². The molecular weight excluding hydrogens is 252 g/mol. The lowest BCUT2D eigenvalue weighted by molar-refractivity contribution is 0.0932. The number of hydrogen-bond acceptors (Lipinski definition) is 3. The standard InChI is InChI=1S/C17H24O3/c1-20-13-4-7-14-11(8-13)2-5-16-15(14)6-3-12(9-18)17(16)10-19/h2,5,8,12,14-15,17-19H,3-4,6-7,9-10H2,1H3. The van der Waals surface area contributed by atoms with E-state index in [1.54, 1.807) is 7.11 Å². The summed E-state index contributed by atoms with van der Waals surface area (Å²) < 4.78 is 5.38. The van der Waals surface area contributed by atoms with Crippen LogP contribution in [-0.2, 0) is 4.74 Å². The van der Waals surface area contributed by atoms with Crippen molar-refractivity contribution in [1.29, 1.82) is 0 Å². The minimum atomic E-state index is 0.143.